The van der Waals surface area contributed by atoms with Gasteiger partial charge in [-0.1, -0.05) is 0 Å². The lowest BCUT2D eigenvalue weighted by Crippen LogP contribution is -2.41. The van der Waals surface area contributed by atoms with Gasteiger partial charge >= 0.3 is 0 Å². The van der Waals surface area contributed by atoms with Gasteiger partial charge in [0.25, 0.3) is 0 Å². The minimum atomic E-state index is 0.0683. The Balaban J connectivity index is 2.20. The summed E-state index contributed by atoms with van der Waals surface area (Å²) in [6.45, 7) is 2.00. The highest BCUT2D eigenvalue weighted by molar-refractivity contribution is 7.80. The Morgan fingerprint density at radius 2 is 2.13 bits per heavy atom. The molecule has 0 saturated carbocycles. The Hall–Kier alpha value is -0.260. The van der Waals surface area contributed by atoms with Crippen LogP contribution in [0, 0.1) is 0 Å². The molecule has 0 atom stereocenters. The number of aliphatic hydroxyl groups is 1. The minimum Gasteiger partial charge on any atom is -0.394 e. The molecule has 0 bridgehead atoms. The second-order valence-corrected chi connectivity index (χ2v) is 4.10. The molecule has 1 heterocycles. The molecular formula is C10H19NO3S. The van der Waals surface area contributed by atoms with Crippen LogP contribution in [0.15, 0.2) is 0 Å². The SMILES string of the molecule is O=C(CCS)N1CCC(OCCO)CC1. The number of piperidine rings is 1. The first-order valence-corrected chi connectivity index (χ1v) is 6.02. The van der Waals surface area contributed by atoms with Gasteiger partial charge in [-0.15, -0.1) is 0 Å². The van der Waals surface area contributed by atoms with E-state index in [0.717, 1.165) is 25.9 Å². The zero-order valence-electron chi connectivity index (χ0n) is 8.89. The molecular weight excluding hydrogens is 214 g/mol. The molecule has 1 N–H and O–H groups in total. The maximum Gasteiger partial charge on any atom is 0.223 e. The number of rotatable bonds is 5. The van der Waals surface area contributed by atoms with Gasteiger partial charge in [-0.3, -0.25) is 4.79 Å². The van der Waals surface area contributed by atoms with Crippen LogP contribution >= 0.6 is 12.6 Å². The highest BCUT2D eigenvalue weighted by Gasteiger charge is 2.22. The van der Waals surface area contributed by atoms with Gasteiger partial charge in [0, 0.05) is 19.5 Å². The predicted octanol–water partition coefficient (Wildman–Crippen LogP) is 0.306. The molecule has 0 spiro atoms. The van der Waals surface area contributed by atoms with E-state index in [1.807, 2.05) is 4.90 Å². The largest absolute Gasteiger partial charge is 0.394 e. The first-order chi connectivity index (χ1) is 7.27. The van der Waals surface area contributed by atoms with Crippen LogP contribution in [0.2, 0.25) is 0 Å². The fraction of sp³-hybridized carbons (Fsp3) is 0.900. The van der Waals surface area contributed by atoms with E-state index in [9.17, 15) is 4.79 Å². The average molecular weight is 233 g/mol. The summed E-state index contributed by atoms with van der Waals surface area (Å²) >= 11 is 4.04. The zero-order valence-corrected chi connectivity index (χ0v) is 9.79. The quantitative estimate of drug-likeness (QED) is 0.672. The van der Waals surface area contributed by atoms with Crippen molar-refractivity contribution in [3.63, 3.8) is 0 Å². The van der Waals surface area contributed by atoms with E-state index < -0.39 is 0 Å². The number of hydrogen-bond donors (Lipinski definition) is 2. The summed E-state index contributed by atoms with van der Waals surface area (Å²) in [6, 6.07) is 0. The molecule has 0 aromatic rings. The van der Waals surface area contributed by atoms with E-state index >= 15 is 0 Å². The van der Waals surface area contributed by atoms with Gasteiger partial charge in [-0.2, -0.15) is 12.6 Å². The fourth-order valence-electron chi connectivity index (χ4n) is 1.74. The van der Waals surface area contributed by atoms with Crippen molar-refractivity contribution < 1.29 is 14.6 Å². The summed E-state index contributed by atoms with van der Waals surface area (Å²) in [5, 5.41) is 8.61. The van der Waals surface area contributed by atoms with Crippen LogP contribution in [0.25, 0.3) is 0 Å². The van der Waals surface area contributed by atoms with Crippen LogP contribution in [0.1, 0.15) is 19.3 Å². The molecule has 1 aliphatic rings. The smallest absolute Gasteiger partial charge is 0.223 e. The van der Waals surface area contributed by atoms with Gasteiger partial charge in [0.05, 0.1) is 19.3 Å². The topological polar surface area (TPSA) is 49.8 Å². The third kappa shape index (κ3) is 4.40. The summed E-state index contributed by atoms with van der Waals surface area (Å²) in [7, 11) is 0. The molecule has 1 fully saturated rings. The second-order valence-electron chi connectivity index (χ2n) is 3.65. The number of carbonyl (C=O) groups excluding carboxylic acids is 1. The Bertz CT molecular complexity index is 193. The van der Waals surface area contributed by atoms with Crippen LogP contribution in [0.3, 0.4) is 0 Å². The Labute approximate surface area is 96.0 Å². The van der Waals surface area contributed by atoms with E-state index in [-0.39, 0.29) is 18.6 Å². The first kappa shape index (κ1) is 12.8. The summed E-state index contributed by atoms with van der Waals surface area (Å²) in [5.41, 5.74) is 0. The number of thiol groups is 1. The number of likely N-dealkylation sites (tertiary alicyclic amines) is 1. The first-order valence-electron chi connectivity index (χ1n) is 5.39. The summed E-state index contributed by atoms with van der Waals surface area (Å²) in [5.74, 6) is 0.797. The molecule has 88 valence electrons. The lowest BCUT2D eigenvalue weighted by atomic mass is 10.1. The minimum absolute atomic E-state index is 0.0683. The summed E-state index contributed by atoms with van der Waals surface area (Å²) < 4.78 is 5.42. The van der Waals surface area contributed by atoms with Crippen molar-refractivity contribution in [2.45, 2.75) is 25.4 Å². The summed E-state index contributed by atoms with van der Waals surface area (Å²) in [6.07, 6.45) is 2.47. The monoisotopic (exact) mass is 233 g/mol. The highest BCUT2D eigenvalue weighted by Crippen LogP contribution is 2.14. The highest BCUT2D eigenvalue weighted by atomic mass is 32.1. The number of nitrogens with zero attached hydrogens (tertiary/aromatic N) is 1. The van der Waals surface area contributed by atoms with Crippen LogP contribution in [0.5, 0.6) is 0 Å². The van der Waals surface area contributed by atoms with E-state index in [1.165, 1.54) is 0 Å². The fourth-order valence-corrected chi connectivity index (χ4v) is 1.94. The molecule has 1 aliphatic heterocycles. The number of ether oxygens (including phenoxy) is 1. The molecule has 0 unspecified atom stereocenters. The second kappa shape index (κ2) is 7.09. The maximum absolute atomic E-state index is 11.5. The number of aliphatic hydroxyl groups excluding tert-OH is 1. The van der Waals surface area contributed by atoms with Crippen molar-refractivity contribution in [2.75, 3.05) is 32.1 Å². The normalized spacial score (nSPS) is 18.1. The molecule has 1 rings (SSSR count). The lowest BCUT2D eigenvalue weighted by molar-refractivity contribution is -0.133. The summed E-state index contributed by atoms with van der Waals surface area (Å²) in [4.78, 5) is 13.4. The van der Waals surface area contributed by atoms with Gasteiger partial charge in [0.1, 0.15) is 0 Å². The van der Waals surface area contributed by atoms with Crippen molar-refractivity contribution in [1.29, 1.82) is 0 Å². The lowest BCUT2D eigenvalue weighted by Gasteiger charge is -2.31. The van der Waals surface area contributed by atoms with E-state index in [1.54, 1.807) is 0 Å². The zero-order chi connectivity index (χ0) is 11.1. The molecule has 0 aromatic carbocycles. The molecule has 0 aromatic heterocycles. The van der Waals surface area contributed by atoms with E-state index in [4.69, 9.17) is 9.84 Å². The third-order valence-corrected chi connectivity index (χ3v) is 2.79. The number of hydrogen-bond acceptors (Lipinski definition) is 4. The number of carbonyl (C=O) groups is 1. The van der Waals surface area contributed by atoms with Crippen molar-refractivity contribution in [3.05, 3.63) is 0 Å². The molecule has 0 radical (unpaired) electrons. The number of amides is 1. The van der Waals surface area contributed by atoms with E-state index in [2.05, 4.69) is 12.6 Å². The standard InChI is InChI=1S/C10H19NO3S/c12-6-7-14-9-1-4-11(5-2-9)10(13)3-8-15/h9,12,15H,1-8H2. The molecule has 1 amide bonds. The van der Waals surface area contributed by atoms with E-state index in [0.29, 0.717) is 18.8 Å². The van der Waals surface area contributed by atoms with Gasteiger partial charge < -0.3 is 14.7 Å². The Kier molecular flexibility index (Phi) is 6.05. The Morgan fingerprint density at radius 1 is 1.47 bits per heavy atom. The van der Waals surface area contributed by atoms with Crippen molar-refractivity contribution in [3.8, 4) is 0 Å². The molecule has 15 heavy (non-hydrogen) atoms. The van der Waals surface area contributed by atoms with Crippen molar-refractivity contribution in [1.82, 2.24) is 4.90 Å². The van der Waals surface area contributed by atoms with Gasteiger partial charge in [0.2, 0.25) is 5.91 Å². The average Bonchev–Trinajstić information content (AvgIpc) is 2.27. The van der Waals surface area contributed by atoms with Crippen molar-refractivity contribution in [2.24, 2.45) is 0 Å². The van der Waals surface area contributed by atoms with Gasteiger partial charge in [-0.05, 0) is 18.6 Å². The predicted molar refractivity (Wildman–Crippen MR) is 61.1 cm³/mol. The molecule has 1 saturated heterocycles. The van der Waals surface area contributed by atoms with Gasteiger partial charge in [0.15, 0.2) is 0 Å². The van der Waals surface area contributed by atoms with Crippen LogP contribution in [-0.2, 0) is 9.53 Å². The van der Waals surface area contributed by atoms with Crippen LogP contribution in [0.4, 0.5) is 0 Å². The maximum atomic E-state index is 11.5. The molecule has 4 nitrogen and oxygen atoms in total. The van der Waals surface area contributed by atoms with Crippen LogP contribution in [-0.4, -0.2) is 54.1 Å². The van der Waals surface area contributed by atoms with Gasteiger partial charge in [-0.25, -0.2) is 0 Å². The third-order valence-electron chi connectivity index (χ3n) is 2.57. The van der Waals surface area contributed by atoms with Crippen molar-refractivity contribution >= 4 is 18.5 Å². The van der Waals surface area contributed by atoms with Crippen LogP contribution < -0.4 is 0 Å². The Morgan fingerprint density at radius 3 is 2.67 bits per heavy atom. The molecule has 0 aliphatic carbocycles. The molecule has 5 heteroatoms.